The number of aryl methyl sites for hydroxylation is 2. The van der Waals surface area contributed by atoms with Crippen molar-refractivity contribution in [1.29, 1.82) is 0 Å². The van der Waals surface area contributed by atoms with Crippen molar-refractivity contribution in [2.45, 2.75) is 39.3 Å². The van der Waals surface area contributed by atoms with E-state index in [4.69, 9.17) is 0 Å². The Labute approximate surface area is 167 Å². The number of hydrogen-bond donors (Lipinski definition) is 1. The minimum Gasteiger partial charge on any atom is -0.310 e. The van der Waals surface area contributed by atoms with Crippen LogP contribution in [-0.4, -0.2) is 25.0 Å². The summed E-state index contributed by atoms with van der Waals surface area (Å²) in [4.78, 5) is 34.7. The van der Waals surface area contributed by atoms with Gasteiger partial charge in [0.1, 0.15) is 5.82 Å². The quantitative estimate of drug-likeness (QED) is 0.582. The molecular weight excluding hydrogens is 366 g/mol. The molecule has 0 saturated heterocycles. The highest BCUT2D eigenvalue weighted by Gasteiger charge is 2.18. The summed E-state index contributed by atoms with van der Waals surface area (Å²) in [6.07, 6.45) is 2.65. The average Bonchev–Trinajstić information content (AvgIpc) is 3.33. The van der Waals surface area contributed by atoms with Gasteiger partial charge in [0.2, 0.25) is 5.95 Å². The average molecular weight is 387 g/mol. The Morgan fingerprint density at radius 2 is 2.00 bits per heavy atom. The Kier molecular flexibility index (Phi) is 4.16. The lowest BCUT2D eigenvalue weighted by Crippen LogP contribution is -2.21. The summed E-state index contributed by atoms with van der Waals surface area (Å²) in [5, 5.41) is 3.48. The number of carbonyl (C=O) groups is 1. The van der Waals surface area contributed by atoms with Crippen LogP contribution in [0.4, 0.5) is 5.95 Å². The smallest absolute Gasteiger partial charge is 0.261 e. The summed E-state index contributed by atoms with van der Waals surface area (Å²) >= 11 is 0. The lowest BCUT2D eigenvalue weighted by Gasteiger charge is -2.10. The van der Waals surface area contributed by atoms with Gasteiger partial charge in [-0.25, -0.2) is 9.97 Å². The molecule has 1 amide bonds. The lowest BCUT2D eigenvalue weighted by molar-refractivity contribution is 0.102. The molecule has 4 aromatic rings. The van der Waals surface area contributed by atoms with Crippen molar-refractivity contribution < 1.29 is 4.79 Å². The predicted octanol–water partition coefficient (Wildman–Crippen LogP) is 3.35. The Hall–Kier alpha value is -3.48. The first-order valence-electron chi connectivity index (χ1n) is 9.96. The van der Waals surface area contributed by atoms with E-state index in [0.29, 0.717) is 29.0 Å². The fraction of sp³-hybridized carbons (Fsp3) is 0.273. The van der Waals surface area contributed by atoms with Crippen molar-refractivity contribution in [3.63, 3.8) is 0 Å². The second-order valence-corrected chi connectivity index (χ2v) is 7.35. The van der Waals surface area contributed by atoms with Gasteiger partial charge in [-0.2, -0.15) is 0 Å². The van der Waals surface area contributed by atoms with E-state index in [1.165, 1.54) is 0 Å². The number of nitrogens with zero attached hydrogens (tertiary/aromatic N) is 4. The first kappa shape index (κ1) is 17.6. The number of para-hydroxylation sites is 2. The van der Waals surface area contributed by atoms with Gasteiger partial charge in [-0.05, 0) is 43.2 Å². The van der Waals surface area contributed by atoms with Crippen LogP contribution in [0.1, 0.15) is 35.9 Å². The highest BCUT2D eigenvalue weighted by molar-refractivity contribution is 6.05. The molecule has 0 fully saturated rings. The molecule has 7 heteroatoms. The van der Waals surface area contributed by atoms with Crippen LogP contribution in [0.15, 0.2) is 47.3 Å². The molecule has 7 nitrogen and oxygen atoms in total. The van der Waals surface area contributed by atoms with Crippen LogP contribution in [-0.2, 0) is 19.5 Å². The predicted molar refractivity (Wildman–Crippen MR) is 112 cm³/mol. The number of imidazole rings is 1. The topological polar surface area (TPSA) is 81.8 Å². The highest BCUT2D eigenvalue weighted by atomic mass is 16.2. The van der Waals surface area contributed by atoms with Crippen molar-refractivity contribution in [1.82, 2.24) is 19.1 Å². The number of aromatic nitrogens is 4. The van der Waals surface area contributed by atoms with Gasteiger partial charge < -0.3 is 4.57 Å². The van der Waals surface area contributed by atoms with E-state index in [2.05, 4.69) is 22.2 Å². The molecule has 1 N–H and O–H groups in total. The SMILES string of the molecule is CCCn1c(NC(=O)c2ccc3c(=O)n4c(nc3c2)CCC4)nc2ccccc21. The van der Waals surface area contributed by atoms with Crippen LogP contribution in [0.3, 0.4) is 0 Å². The van der Waals surface area contributed by atoms with Crippen molar-refractivity contribution in [2.75, 3.05) is 5.32 Å². The third-order valence-electron chi connectivity index (χ3n) is 5.41. The maximum Gasteiger partial charge on any atom is 0.261 e. The Morgan fingerprint density at radius 1 is 1.14 bits per heavy atom. The molecule has 0 spiro atoms. The van der Waals surface area contributed by atoms with E-state index in [9.17, 15) is 9.59 Å². The second kappa shape index (κ2) is 6.84. The zero-order valence-electron chi connectivity index (χ0n) is 16.2. The minimum atomic E-state index is -0.262. The molecule has 0 radical (unpaired) electrons. The fourth-order valence-electron chi connectivity index (χ4n) is 4.02. The monoisotopic (exact) mass is 387 g/mol. The zero-order valence-corrected chi connectivity index (χ0v) is 16.2. The van der Waals surface area contributed by atoms with Crippen LogP contribution in [0.5, 0.6) is 0 Å². The van der Waals surface area contributed by atoms with E-state index in [1.807, 2.05) is 28.8 Å². The summed E-state index contributed by atoms with van der Waals surface area (Å²) in [7, 11) is 0. The van der Waals surface area contributed by atoms with Crippen LogP contribution >= 0.6 is 0 Å². The van der Waals surface area contributed by atoms with Gasteiger partial charge in [0, 0.05) is 25.1 Å². The summed E-state index contributed by atoms with van der Waals surface area (Å²) < 4.78 is 3.75. The number of hydrogen-bond acceptors (Lipinski definition) is 4. The second-order valence-electron chi connectivity index (χ2n) is 7.35. The molecule has 5 rings (SSSR count). The molecule has 0 saturated carbocycles. The number of nitrogens with one attached hydrogen (secondary N) is 1. The summed E-state index contributed by atoms with van der Waals surface area (Å²) in [5.41, 5.74) is 2.84. The molecule has 29 heavy (non-hydrogen) atoms. The number of carbonyl (C=O) groups excluding carboxylic acids is 1. The first-order valence-corrected chi connectivity index (χ1v) is 9.96. The Bertz CT molecular complexity index is 1320. The van der Waals surface area contributed by atoms with Gasteiger partial charge in [0.15, 0.2) is 0 Å². The van der Waals surface area contributed by atoms with Gasteiger partial charge in [-0.15, -0.1) is 0 Å². The maximum atomic E-state index is 12.9. The zero-order chi connectivity index (χ0) is 20.0. The normalized spacial score (nSPS) is 13.1. The van der Waals surface area contributed by atoms with E-state index in [1.54, 1.807) is 22.8 Å². The van der Waals surface area contributed by atoms with Gasteiger partial charge >= 0.3 is 0 Å². The Balaban J connectivity index is 1.52. The summed E-state index contributed by atoms with van der Waals surface area (Å²) in [5.74, 6) is 1.06. The number of rotatable bonds is 4. The summed E-state index contributed by atoms with van der Waals surface area (Å²) in [6, 6.07) is 12.9. The molecule has 2 aromatic carbocycles. The van der Waals surface area contributed by atoms with Crippen molar-refractivity contribution in [2.24, 2.45) is 0 Å². The Morgan fingerprint density at radius 3 is 2.86 bits per heavy atom. The lowest BCUT2D eigenvalue weighted by atomic mass is 10.1. The van der Waals surface area contributed by atoms with E-state index >= 15 is 0 Å². The van der Waals surface area contributed by atoms with E-state index in [-0.39, 0.29) is 11.5 Å². The standard InChI is InChI=1S/C22H21N5O2/c1-2-11-26-18-7-4-3-6-16(18)24-22(26)25-20(28)14-9-10-15-17(13-14)23-19-8-5-12-27(19)21(15)29/h3-4,6-7,9-10,13H,2,5,8,11-12H2,1H3,(H,24,25,28). The maximum absolute atomic E-state index is 12.9. The number of benzene rings is 2. The largest absolute Gasteiger partial charge is 0.310 e. The van der Waals surface area contributed by atoms with E-state index in [0.717, 1.165) is 42.7 Å². The number of fused-ring (bicyclic) bond motifs is 3. The molecule has 1 aliphatic heterocycles. The summed E-state index contributed by atoms with van der Waals surface area (Å²) in [6.45, 7) is 3.57. The third-order valence-corrected chi connectivity index (χ3v) is 5.41. The molecule has 0 atom stereocenters. The van der Waals surface area contributed by atoms with Gasteiger partial charge in [0.05, 0.1) is 21.9 Å². The molecular formula is C22H21N5O2. The van der Waals surface area contributed by atoms with Crippen LogP contribution in [0, 0.1) is 0 Å². The van der Waals surface area contributed by atoms with E-state index < -0.39 is 0 Å². The van der Waals surface area contributed by atoms with Crippen LogP contribution in [0.2, 0.25) is 0 Å². The third kappa shape index (κ3) is 2.90. The van der Waals surface area contributed by atoms with Gasteiger partial charge in [0.25, 0.3) is 11.5 Å². The minimum absolute atomic E-state index is 0.0285. The molecule has 0 aliphatic carbocycles. The molecule has 146 valence electrons. The van der Waals surface area contributed by atoms with Crippen molar-refractivity contribution >= 4 is 33.8 Å². The molecule has 3 heterocycles. The van der Waals surface area contributed by atoms with Gasteiger partial charge in [-0.3, -0.25) is 19.5 Å². The highest BCUT2D eigenvalue weighted by Crippen LogP contribution is 2.21. The molecule has 0 unspecified atom stereocenters. The van der Waals surface area contributed by atoms with Crippen LogP contribution < -0.4 is 10.9 Å². The van der Waals surface area contributed by atoms with Crippen molar-refractivity contribution in [3.8, 4) is 0 Å². The number of amides is 1. The fourth-order valence-corrected chi connectivity index (χ4v) is 4.02. The van der Waals surface area contributed by atoms with Crippen LogP contribution in [0.25, 0.3) is 21.9 Å². The first-order chi connectivity index (χ1) is 14.2. The van der Waals surface area contributed by atoms with Gasteiger partial charge in [-0.1, -0.05) is 19.1 Å². The molecule has 0 bridgehead atoms. The van der Waals surface area contributed by atoms with Crippen molar-refractivity contribution in [3.05, 3.63) is 64.2 Å². The number of anilines is 1. The molecule has 2 aromatic heterocycles. The molecule has 1 aliphatic rings.